The highest BCUT2D eigenvalue weighted by molar-refractivity contribution is 6.16. The molecule has 0 aliphatic carbocycles. The molecule has 10 rings (SSSR count). The summed E-state index contributed by atoms with van der Waals surface area (Å²) in [7, 11) is 0. The number of rotatable bonds is 3. The molecule has 3 heterocycles. The largest absolute Gasteiger partial charge is 0.456 e. The molecule has 3 heteroatoms. The van der Waals surface area contributed by atoms with Crippen molar-refractivity contribution < 1.29 is 12.6 Å². The van der Waals surface area contributed by atoms with Gasteiger partial charge in [0.05, 0.1) is 41.4 Å². The van der Waals surface area contributed by atoms with Crippen LogP contribution in [0.4, 0.5) is 0 Å². The van der Waals surface area contributed by atoms with Gasteiger partial charge in [-0.2, -0.15) is 0 Å². The van der Waals surface area contributed by atoms with Crippen molar-refractivity contribution in [3.63, 3.8) is 0 Å². The Hall–Kier alpha value is -6.06. The molecule has 0 unspecified atom stereocenters. The second-order valence-corrected chi connectivity index (χ2v) is 11.3. The van der Waals surface area contributed by atoms with Crippen LogP contribution >= 0.6 is 0 Å². The molecular weight excluding hydrogens is 548 g/mol. The first kappa shape index (κ1) is 19.3. The molecule has 0 bridgehead atoms. The summed E-state index contributed by atoms with van der Waals surface area (Å²) in [6.45, 7) is 0. The van der Waals surface area contributed by atoms with Gasteiger partial charge in [-0.1, -0.05) is 97.0 Å². The standard InChI is InChI=1S/C42H26N2O/c1-2-11-27(12-3-1)28-21-24-40-34(25-28)42-39(19-10-20-41(42)45-40)44-37-18-9-6-15-32(37)33-26-29(22-23-38(33)44)43-35-16-7-4-13-30(35)31-14-5-8-17-36(31)43/h1-26H/i10D,19D,20D,21D,24D,25D. The summed E-state index contributed by atoms with van der Waals surface area (Å²) in [4.78, 5) is 0. The van der Waals surface area contributed by atoms with Gasteiger partial charge < -0.3 is 13.6 Å². The minimum Gasteiger partial charge on any atom is -0.456 e. The van der Waals surface area contributed by atoms with E-state index in [1.807, 2.05) is 65.2 Å². The van der Waals surface area contributed by atoms with E-state index in [-0.39, 0.29) is 58.4 Å². The third-order valence-electron chi connectivity index (χ3n) is 8.83. The normalized spacial score (nSPS) is 13.9. The zero-order valence-electron chi connectivity index (χ0n) is 29.8. The maximum atomic E-state index is 9.45. The molecule has 0 N–H and O–H groups in total. The van der Waals surface area contributed by atoms with Crippen molar-refractivity contribution in [2.75, 3.05) is 0 Å². The van der Waals surface area contributed by atoms with Gasteiger partial charge in [-0.3, -0.25) is 0 Å². The highest BCUT2D eigenvalue weighted by Crippen LogP contribution is 2.41. The van der Waals surface area contributed by atoms with E-state index < -0.39 is 0 Å². The molecule has 0 saturated heterocycles. The fourth-order valence-corrected chi connectivity index (χ4v) is 6.90. The van der Waals surface area contributed by atoms with Crippen LogP contribution in [-0.2, 0) is 0 Å². The molecule has 0 atom stereocenters. The summed E-state index contributed by atoms with van der Waals surface area (Å²) in [5, 5.41) is 4.73. The predicted octanol–water partition coefficient (Wildman–Crippen LogP) is 11.4. The molecule has 3 nitrogen and oxygen atoms in total. The van der Waals surface area contributed by atoms with E-state index in [1.165, 1.54) is 0 Å². The van der Waals surface area contributed by atoms with Gasteiger partial charge in [0.15, 0.2) is 0 Å². The Bertz CT molecular complexity index is 3050. The highest BCUT2D eigenvalue weighted by atomic mass is 16.3. The first-order valence-electron chi connectivity index (χ1n) is 17.9. The Morgan fingerprint density at radius 2 is 1.09 bits per heavy atom. The summed E-state index contributed by atoms with van der Waals surface area (Å²) >= 11 is 0. The lowest BCUT2D eigenvalue weighted by Crippen LogP contribution is -1.96. The molecular formula is C42H26N2O. The van der Waals surface area contributed by atoms with Crippen molar-refractivity contribution in [2.24, 2.45) is 0 Å². The molecule has 0 aliphatic rings. The van der Waals surface area contributed by atoms with Crippen molar-refractivity contribution >= 4 is 65.6 Å². The quantitative estimate of drug-likeness (QED) is 0.204. The third kappa shape index (κ3) is 3.46. The molecule has 0 fully saturated rings. The molecule has 0 radical (unpaired) electrons. The minimum absolute atomic E-state index is 0.00570. The Labute approximate surface area is 267 Å². The highest BCUT2D eigenvalue weighted by Gasteiger charge is 2.19. The van der Waals surface area contributed by atoms with Crippen molar-refractivity contribution in [2.45, 2.75) is 0 Å². The average Bonchev–Trinajstić information content (AvgIpc) is 3.83. The van der Waals surface area contributed by atoms with Crippen LogP contribution in [0.2, 0.25) is 0 Å². The van der Waals surface area contributed by atoms with Crippen molar-refractivity contribution in [1.82, 2.24) is 9.13 Å². The van der Waals surface area contributed by atoms with Crippen LogP contribution in [0, 0.1) is 0 Å². The van der Waals surface area contributed by atoms with Gasteiger partial charge in [-0.15, -0.1) is 0 Å². The number of nitrogens with zero attached hydrogens (tertiary/aromatic N) is 2. The van der Waals surface area contributed by atoms with E-state index in [2.05, 4.69) is 53.1 Å². The topological polar surface area (TPSA) is 23.0 Å². The molecule has 10 aromatic rings. The lowest BCUT2D eigenvalue weighted by Gasteiger charge is -2.11. The van der Waals surface area contributed by atoms with E-state index in [9.17, 15) is 2.74 Å². The van der Waals surface area contributed by atoms with Crippen LogP contribution in [0.5, 0.6) is 0 Å². The van der Waals surface area contributed by atoms with Gasteiger partial charge in [0.2, 0.25) is 0 Å². The first-order chi connectivity index (χ1) is 24.8. The van der Waals surface area contributed by atoms with Gasteiger partial charge in [0, 0.05) is 32.6 Å². The molecule has 210 valence electrons. The van der Waals surface area contributed by atoms with Gasteiger partial charge >= 0.3 is 0 Å². The number of hydrogen-bond acceptors (Lipinski definition) is 1. The van der Waals surface area contributed by atoms with E-state index in [1.54, 1.807) is 12.1 Å². The van der Waals surface area contributed by atoms with E-state index in [0.29, 0.717) is 16.6 Å². The monoisotopic (exact) mass is 580 g/mol. The van der Waals surface area contributed by atoms with Crippen LogP contribution in [-0.4, -0.2) is 9.13 Å². The number of hydrogen-bond donors (Lipinski definition) is 0. The third-order valence-corrected chi connectivity index (χ3v) is 8.83. The van der Waals surface area contributed by atoms with Gasteiger partial charge in [-0.05, 0) is 71.7 Å². The van der Waals surface area contributed by atoms with E-state index in [4.69, 9.17) is 9.90 Å². The summed E-state index contributed by atoms with van der Waals surface area (Å²) in [5.41, 5.74) is 5.90. The fourth-order valence-electron chi connectivity index (χ4n) is 6.90. The average molecular weight is 581 g/mol. The Kier molecular flexibility index (Phi) is 3.95. The summed E-state index contributed by atoms with van der Waals surface area (Å²) in [5.74, 6) is 0. The second kappa shape index (κ2) is 9.22. The minimum atomic E-state index is -0.322. The molecule has 45 heavy (non-hydrogen) atoms. The van der Waals surface area contributed by atoms with Crippen LogP contribution < -0.4 is 0 Å². The maximum Gasteiger partial charge on any atom is 0.137 e. The number of benzene rings is 7. The Morgan fingerprint density at radius 3 is 1.82 bits per heavy atom. The van der Waals surface area contributed by atoms with Crippen molar-refractivity contribution in [3.8, 4) is 22.5 Å². The summed E-state index contributed by atoms with van der Waals surface area (Å²) in [6, 6.07) is 38.8. The number of furan rings is 1. The summed E-state index contributed by atoms with van der Waals surface area (Å²) < 4.78 is 64.8. The van der Waals surface area contributed by atoms with Gasteiger partial charge in [-0.25, -0.2) is 0 Å². The molecule has 3 aromatic heterocycles. The summed E-state index contributed by atoms with van der Waals surface area (Å²) in [6.07, 6.45) is 0. The van der Waals surface area contributed by atoms with Crippen molar-refractivity contribution in [1.29, 1.82) is 0 Å². The SMILES string of the molecule is [2H]c1c(-c2ccccc2)c([2H])c2c(oc3c([2H])c([2H])c([2H])c(-n4c5ccccc5c5cc(-n6c7ccccc7c7ccccc76)ccc54)c32)c1[2H]. The number of para-hydroxylation sites is 3. The molecule has 0 saturated carbocycles. The predicted molar refractivity (Wildman–Crippen MR) is 188 cm³/mol. The van der Waals surface area contributed by atoms with Crippen molar-refractivity contribution in [3.05, 3.63) is 158 Å². The smallest absolute Gasteiger partial charge is 0.137 e. The molecule has 0 aliphatic heterocycles. The number of fused-ring (bicyclic) bond motifs is 9. The molecule has 0 spiro atoms. The van der Waals surface area contributed by atoms with Crippen LogP contribution in [0.15, 0.2) is 162 Å². The molecule has 7 aromatic carbocycles. The second-order valence-electron chi connectivity index (χ2n) is 11.3. The Morgan fingerprint density at radius 1 is 0.467 bits per heavy atom. The molecule has 0 amide bonds. The van der Waals surface area contributed by atoms with Crippen LogP contribution in [0.1, 0.15) is 8.22 Å². The zero-order chi connectivity index (χ0) is 34.7. The first-order valence-corrected chi connectivity index (χ1v) is 14.9. The zero-order valence-corrected chi connectivity index (χ0v) is 23.8. The van der Waals surface area contributed by atoms with Crippen LogP contribution in [0.25, 0.3) is 88.1 Å². The lowest BCUT2D eigenvalue weighted by atomic mass is 10.0. The fraction of sp³-hybridized carbons (Fsp3) is 0. The maximum absolute atomic E-state index is 9.45. The van der Waals surface area contributed by atoms with Gasteiger partial charge in [0.1, 0.15) is 11.2 Å². The van der Waals surface area contributed by atoms with E-state index in [0.717, 1.165) is 49.3 Å². The van der Waals surface area contributed by atoms with Crippen LogP contribution in [0.3, 0.4) is 0 Å². The van der Waals surface area contributed by atoms with E-state index >= 15 is 0 Å². The van der Waals surface area contributed by atoms with Gasteiger partial charge in [0.25, 0.3) is 0 Å². The Balaban J connectivity index is 1.34. The lowest BCUT2D eigenvalue weighted by molar-refractivity contribution is 0.669. The number of aromatic nitrogens is 2.